The zero-order valence-electron chi connectivity index (χ0n) is 15.0. The Balaban J connectivity index is 2.04. The number of hydrogen-bond donors (Lipinski definition) is 2. The summed E-state index contributed by atoms with van der Waals surface area (Å²) in [5, 5.41) is 11.8. The normalized spacial score (nSPS) is 11.0. The third kappa shape index (κ3) is 4.95. The number of anilines is 2. The molecule has 6 nitrogen and oxygen atoms in total. The van der Waals surface area contributed by atoms with Crippen molar-refractivity contribution in [1.82, 2.24) is 4.98 Å². The third-order valence-electron chi connectivity index (χ3n) is 3.90. The molecule has 0 saturated heterocycles. The van der Waals surface area contributed by atoms with Crippen molar-refractivity contribution in [3.8, 4) is 22.6 Å². The highest BCUT2D eigenvalue weighted by Crippen LogP contribution is 2.37. The fourth-order valence-electron chi connectivity index (χ4n) is 2.62. The quantitative estimate of drug-likeness (QED) is 0.595. The number of nitrogens with zero attached hydrogens (tertiary/aromatic N) is 1. The van der Waals surface area contributed by atoms with Crippen molar-refractivity contribution in [2.24, 2.45) is 0 Å². The lowest BCUT2D eigenvalue weighted by atomic mass is 10.0. The van der Waals surface area contributed by atoms with Gasteiger partial charge in [-0.1, -0.05) is 18.2 Å². The molecule has 0 spiro atoms. The molecule has 2 N–H and O–H groups in total. The molecule has 0 aliphatic rings. The number of pyridine rings is 1. The molecule has 3 aromatic rings. The number of aromatic nitrogens is 1. The van der Waals surface area contributed by atoms with Crippen molar-refractivity contribution in [3.05, 3.63) is 66.4 Å². The Morgan fingerprint density at radius 1 is 1.07 bits per heavy atom. The molecule has 1 heterocycles. The number of ether oxygens (including phenoxy) is 2. The number of benzene rings is 2. The van der Waals surface area contributed by atoms with E-state index in [-0.39, 0.29) is 17.1 Å². The van der Waals surface area contributed by atoms with Gasteiger partial charge in [0, 0.05) is 6.20 Å². The average molecular weight is 404 g/mol. The lowest BCUT2D eigenvalue weighted by Crippen LogP contribution is -2.18. The van der Waals surface area contributed by atoms with E-state index in [1.54, 1.807) is 30.3 Å². The number of carboxylic acid groups (broad SMARTS) is 1. The predicted octanol–water partition coefficient (Wildman–Crippen LogP) is 5.10. The SMILES string of the molecule is COc1cccc(-c2ccc(Nc3ncccc3C(=O)O)c(OC(F)(F)F)c2)c1. The molecule has 0 atom stereocenters. The summed E-state index contributed by atoms with van der Waals surface area (Å²) in [7, 11) is 1.48. The summed E-state index contributed by atoms with van der Waals surface area (Å²) in [5.74, 6) is -1.37. The van der Waals surface area contributed by atoms with Gasteiger partial charge in [-0.15, -0.1) is 13.2 Å². The number of rotatable bonds is 6. The Morgan fingerprint density at radius 3 is 2.52 bits per heavy atom. The Bertz CT molecular complexity index is 1040. The topological polar surface area (TPSA) is 80.7 Å². The summed E-state index contributed by atoms with van der Waals surface area (Å²) in [6.07, 6.45) is -3.62. The van der Waals surface area contributed by atoms with E-state index in [1.165, 1.54) is 37.6 Å². The monoisotopic (exact) mass is 404 g/mol. The molecule has 0 radical (unpaired) electrons. The number of hydrogen-bond acceptors (Lipinski definition) is 5. The van der Waals surface area contributed by atoms with Crippen LogP contribution in [0.3, 0.4) is 0 Å². The van der Waals surface area contributed by atoms with Crippen LogP contribution in [0.15, 0.2) is 60.8 Å². The second-order valence-electron chi connectivity index (χ2n) is 5.82. The Morgan fingerprint density at radius 2 is 1.83 bits per heavy atom. The summed E-state index contributed by atoms with van der Waals surface area (Å²) in [6.45, 7) is 0. The second-order valence-corrected chi connectivity index (χ2v) is 5.82. The van der Waals surface area contributed by atoms with Gasteiger partial charge in [0.1, 0.15) is 17.1 Å². The molecule has 0 bridgehead atoms. The van der Waals surface area contributed by atoms with Crippen LogP contribution >= 0.6 is 0 Å². The molecule has 3 rings (SSSR count). The molecular weight excluding hydrogens is 389 g/mol. The van der Waals surface area contributed by atoms with Gasteiger partial charge in [-0.05, 0) is 47.5 Å². The van der Waals surface area contributed by atoms with E-state index >= 15 is 0 Å². The van der Waals surface area contributed by atoms with Gasteiger partial charge in [0.2, 0.25) is 0 Å². The highest BCUT2D eigenvalue weighted by atomic mass is 19.4. The first kappa shape index (κ1) is 20.0. The van der Waals surface area contributed by atoms with Crippen LogP contribution < -0.4 is 14.8 Å². The van der Waals surface area contributed by atoms with Crippen molar-refractivity contribution < 1.29 is 32.5 Å². The molecule has 0 amide bonds. The Labute approximate surface area is 163 Å². The molecule has 0 unspecified atom stereocenters. The Kier molecular flexibility index (Phi) is 5.58. The Hall–Kier alpha value is -3.75. The molecule has 9 heteroatoms. The molecule has 150 valence electrons. The maximum Gasteiger partial charge on any atom is 0.573 e. The standard InChI is InChI=1S/C20H15F3N2O4/c1-28-14-5-2-4-12(10-14)13-7-8-16(17(11-13)29-20(21,22)23)25-18-15(19(26)27)6-3-9-24-18/h2-11H,1H3,(H,24,25)(H,26,27). The zero-order valence-corrected chi connectivity index (χ0v) is 15.0. The first-order valence-corrected chi connectivity index (χ1v) is 8.26. The van der Waals surface area contributed by atoms with Gasteiger partial charge in [-0.25, -0.2) is 9.78 Å². The molecule has 1 aromatic heterocycles. The minimum absolute atomic E-state index is 0.0878. The summed E-state index contributed by atoms with van der Waals surface area (Å²) in [4.78, 5) is 15.2. The fraction of sp³-hybridized carbons (Fsp3) is 0.100. The molecule has 0 aliphatic heterocycles. The predicted molar refractivity (Wildman–Crippen MR) is 99.6 cm³/mol. The number of aromatic carboxylic acids is 1. The van der Waals surface area contributed by atoms with Crippen LogP contribution in [0.25, 0.3) is 11.1 Å². The smallest absolute Gasteiger partial charge is 0.497 e. The number of carboxylic acids is 1. The summed E-state index contributed by atoms with van der Waals surface area (Å²) >= 11 is 0. The molecule has 0 aliphatic carbocycles. The third-order valence-corrected chi connectivity index (χ3v) is 3.90. The minimum atomic E-state index is -4.94. The summed E-state index contributed by atoms with van der Waals surface area (Å²) in [5.41, 5.74) is 0.790. The van der Waals surface area contributed by atoms with Crippen LogP contribution in [-0.4, -0.2) is 29.5 Å². The van der Waals surface area contributed by atoms with E-state index in [0.29, 0.717) is 16.9 Å². The van der Waals surface area contributed by atoms with E-state index in [0.717, 1.165) is 0 Å². The number of alkyl halides is 3. The van der Waals surface area contributed by atoms with E-state index in [2.05, 4.69) is 15.0 Å². The summed E-state index contributed by atoms with van der Waals surface area (Å²) < 4.78 is 48.1. The van der Waals surface area contributed by atoms with Crippen LogP contribution in [0, 0.1) is 0 Å². The average Bonchev–Trinajstić information content (AvgIpc) is 2.68. The minimum Gasteiger partial charge on any atom is -0.497 e. The van der Waals surface area contributed by atoms with Crippen LogP contribution in [0.2, 0.25) is 0 Å². The molecule has 2 aromatic carbocycles. The highest BCUT2D eigenvalue weighted by molar-refractivity contribution is 5.94. The first-order chi connectivity index (χ1) is 13.8. The number of methoxy groups -OCH3 is 1. The second kappa shape index (κ2) is 8.09. The molecule has 0 fully saturated rings. The van der Waals surface area contributed by atoms with Crippen molar-refractivity contribution in [2.75, 3.05) is 12.4 Å². The van der Waals surface area contributed by atoms with Gasteiger partial charge in [0.25, 0.3) is 0 Å². The number of carbonyl (C=O) groups is 1. The number of halogens is 3. The molecule has 29 heavy (non-hydrogen) atoms. The van der Waals surface area contributed by atoms with Gasteiger partial charge in [0.05, 0.1) is 12.8 Å². The van der Waals surface area contributed by atoms with Crippen LogP contribution in [0.5, 0.6) is 11.5 Å². The fourth-order valence-corrected chi connectivity index (χ4v) is 2.62. The van der Waals surface area contributed by atoms with E-state index in [4.69, 9.17) is 4.74 Å². The van der Waals surface area contributed by atoms with Crippen LogP contribution in [0.4, 0.5) is 24.7 Å². The molecular formula is C20H15F3N2O4. The van der Waals surface area contributed by atoms with Gasteiger partial charge < -0.3 is 19.9 Å². The van der Waals surface area contributed by atoms with Gasteiger partial charge in [0.15, 0.2) is 5.75 Å². The lowest BCUT2D eigenvalue weighted by Gasteiger charge is -2.16. The maximum atomic E-state index is 12.9. The number of nitrogens with one attached hydrogen (secondary N) is 1. The van der Waals surface area contributed by atoms with Crippen molar-refractivity contribution in [2.45, 2.75) is 6.36 Å². The van der Waals surface area contributed by atoms with Crippen molar-refractivity contribution in [3.63, 3.8) is 0 Å². The van der Waals surface area contributed by atoms with Crippen LogP contribution in [0.1, 0.15) is 10.4 Å². The van der Waals surface area contributed by atoms with Crippen molar-refractivity contribution >= 4 is 17.5 Å². The van der Waals surface area contributed by atoms with Crippen LogP contribution in [-0.2, 0) is 0 Å². The van der Waals surface area contributed by atoms with Crippen molar-refractivity contribution in [1.29, 1.82) is 0 Å². The highest BCUT2D eigenvalue weighted by Gasteiger charge is 2.32. The van der Waals surface area contributed by atoms with E-state index in [9.17, 15) is 23.1 Å². The largest absolute Gasteiger partial charge is 0.573 e. The van der Waals surface area contributed by atoms with E-state index < -0.39 is 18.1 Å². The van der Waals surface area contributed by atoms with E-state index in [1.807, 2.05) is 0 Å². The zero-order chi connectivity index (χ0) is 21.0. The maximum absolute atomic E-state index is 12.9. The van der Waals surface area contributed by atoms with Gasteiger partial charge >= 0.3 is 12.3 Å². The van der Waals surface area contributed by atoms with Gasteiger partial charge in [-0.2, -0.15) is 0 Å². The molecule has 0 saturated carbocycles. The van der Waals surface area contributed by atoms with Gasteiger partial charge in [-0.3, -0.25) is 0 Å². The summed E-state index contributed by atoms with van der Waals surface area (Å²) in [6, 6.07) is 13.6. The lowest BCUT2D eigenvalue weighted by molar-refractivity contribution is -0.274. The first-order valence-electron chi connectivity index (χ1n) is 8.26.